The topological polar surface area (TPSA) is 0 Å². The summed E-state index contributed by atoms with van der Waals surface area (Å²) < 4.78 is 12.8. The molecule has 1 aliphatic rings. The molecule has 0 nitrogen and oxygen atoms in total. The van der Waals surface area contributed by atoms with Crippen molar-refractivity contribution < 1.29 is 3.50 Å². The van der Waals surface area contributed by atoms with E-state index in [4.69, 9.17) is 0 Å². The fourth-order valence-corrected chi connectivity index (χ4v) is 1.72. The van der Waals surface area contributed by atoms with Crippen molar-refractivity contribution in [1.82, 2.24) is 0 Å². The molecule has 0 aliphatic heterocycles. The first kappa shape index (κ1) is 5.10. The van der Waals surface area contributed by atoms with Gasteiger partial charge in [-0.25, -0.2) is 0 Å². The molecule has 0 N–H and O–H groups in total. The SMILES string of the molecule is [F][GeH2][C]1=CCC=C1. The second kappa shape index (κ2) is 2.31. The van der Waals surface area contributed by atoms with Crippen molar-refractivity contribution in [1.29, 1.82) is 0 Å². The summed E-state index contributed by atoms with van der Waals surface area (Å²) in [4.78, 5) is 0. The predicted octanol–water partition coefficient (Wildman–Crippen LogP) is 0.883. The molecule has 0 aromatic rings. The van der Waals surface area contributed by atoms with Crippen LogP contribution in [0.25, 0.3) is 0 Å². The maximum atomic E-state index is 11.8. The van der Waals surface area contributed by atoms with E-state index in [2.05, 4.69) is 0 Å². The molecule has 0 unspecified atom stereocenters. The molecule has 7 heavy (non-hydrogen) atoms. The van der Waals surface area contributed by atoms with Crippen molar-refractivity contribution in [3.05, 3.63) is 22.6 Å². The fourth-order valence-electron chi connectivity index (χ4n) is 0.606. The summed E-state index contributed by atoms with van der Waals surface area (Å²) >= 11 is -1.69. The van der Waals surface area contributed by atoms with Crippen molar-refractivity contribution in [3.8, 4) is 0 Å². The average Bonchev–Trinajstić information content (AvgIpc) is 2.14. The Morgan fingerprint density at radius 1 is 1.71 bits per heavy atom. The maximum absolute atomic E-state index is 11.8. The molecular weight excluding hydrogens is 152 g/mol. The van der Waals surface area contributed by atoms with Crippen LogP contribution in [0.5, 0.6) is 0 Å². The zero-order chi connectivity index (χ0) is 5.11. The molecule has 2 heteroatoms. The molecule has 0 atom stereocenters. The van der Waals surface area contributed by atoms with Crippen LogP contribution in [0.4, 0.5) is 3.50 Å². The Hall–Kier alpha value is -0.0471. The molecule has 38 valence electrons. The third-order valence-electron chi connectivity index (χ3n) is 1.00. The molecule has 0 amide bonds. The van der Waals surface area contributed by atoms with E-state index in [1.54, 1.807) is 0 Å². The summed E-state index contributed by atoms with van der Waals surface area (Å²) in [6, 6.07) is 0. The van der Waals surface area contributed by atoms with Gasteiger partial charge in [-0.2, -0.15) is 0 Å². The van der Waals surface area contributed by atoms with Crippen LogP contribution in [0.15, 0.2) is 22.6 Å². The van der Waals surface area contributed by atoms with Crippen molar-refractivity contribution >= 4 is 15.9 Å². The number of halogens is 1. The molecule has 0 spiro atoms. The van der Waals surface area contributed by atoms with E-state index in [-0.39, 0.29) is 0 Å². The first-order chi connectivity index (χ1) is 3.43. The Morgan fingerprint density at radius 3 is 2.86 bits per heavy atom. The van der Waals surface area contributed by atoms with Crippen molar-refractivity contribution in [2.24, 2.45) is 0 Å². The van der Waals surface area contributed by atoms with Crippen LogP contribution < -0.4 is 0 Å². The summed E-state index contributed by atoms with van der Waals surface area (Å²) in [5.74, 6) is 0. The van der Waals surface area contributed by atoms with Crippen LogP contribution in [-0.2, 0) is 0 Å². The van der Waals surface area contributed by atoms with Gasteiger partial charge in [0.1, 0.15) is 0 Å². The van der Waals surface area contributed by atoms with Crippen LogP contribution in [0.1, 0.15) is 6.42 Å². The van der Waals surface area contributed by atoms with E-state index >= 15 is 0 Å². The second-order valence-corrected chi connectivity index (χ2v) is 3.82. The first-order valence-electron chi connectivity index (χ1n) is 2.35. The van der Waals surface area contributed by atoms with Gasteiger partial charge in [0.15, 0.2) is 0 Å². The van der Waals surface area contributed by atoms with Gasteiger partial charge in [0.25, 0.3) is 0 Å². The Balaban J connectivity index is 2.52. The van der Waals surface area contributed by atoms with E-state index in [0.717, 1.165) is 10.8 Å². The molecule has 0 aromatic heterocycles. The van der Waals surface area contributed by atoms with Crippen molar-refractivity contribution in [2.75, 3.05) is 0 Å². The van der Waals surface area contributed by atoms with Crippen LogP contribution in [0, 0.1) is 0 Å². The molecule has 0 fully saturated rings. The van der Waals surface area contributed by atoms with Gasteiger partial charge in [0.2, 0.25) is 0 Å². The standard InChI is InChI=1S/C5H7FGe/c6-7-5-3-1-2-4-5/h1,3-4H,2,7H2. The quantitative estimate of drug-likeness (QED) is 0.498. The predicted molar refractivity (Wildman–Crippen MR) is 31.5 cm³/mol. The van der Waals surface area contributed by atoms with E-state index in [0.29, 0.717) is 0 Å². The summed E-state index contributed by atoms with van der Waals surface area (Å²) in [5, 5.41) is 0. The second-order valence-electron chi connectivity index (χ2n) is 1.55. The van der Waals surface area contributed by atoms with Gasteiger partial charge in [-0.05, 0) is 0 Å². The summed E-state index contributed by atoms with van der Waals surface area (Å²) in [7, 11) is 0. The van der Waals surface area contributed by atoms with Crippen LogP contribution >= 0.6 is 0 Å². The van der Waals surface area contributed by atoms with Crippen LogP contribution in [0.3, 0.4) is 0 Å². The van der Waals surface area contributed by atoms with Crippen molar-refractivity contribution in [2.45, 2.75) is 6.42 Å². The van der Waals surface area contributed by atoms with Crippen LogP contribution in [0.2, 0.25) is 0 Å². The normalized spacial score (nSPS) is 19.3. The van der Waals surface area contributed by atoms with E-state index < -0.39 is 15.9 Å². The molecule has 0 aromatic carbocycles. The first-order valence-corrected chi connectivity index (χ1v) is 4.95. The van der Waals surface area contributed by atoms with Crippen molar-refractivity contribution in [3.63, 3.8) is 0 Å². The minimum atomic E-state index is -1.69. The van der Waals surface area contributed by atoms with Gasteiger partial charge in [0.05, 0.1) is 0 Å². The van der Waals surface area contributed by atoms with Gasteiger partial charge in [0, 0.05) is 0 Å². The molecule has 0 bridgehead atoms. The summed E-state index contributed by atoms with van der Waals surface area (Å²) in [5.41, 5.74) is 0. The molecule has 0 saturated carbocycles. The van der Waals surface area contributed by atoms with Gasteiger partial charge in [-0.3, -0.25) is 0 Å². The van der Waals surface area contributed by atoms with Gasteiger partial charge in [-0.1, -0.05) is 0 Å². The monoisotopic (exact) mass is 160 g/mol. The minimum absolute atomic E-state index is 0.963. The number of hydrogen-bond acceptors (Lipinski definition) is 0. The fraction of sp³-hybridized carbons (Fsp3) is 0.200. The number of hydrogen-bond donors (Lipinski definition) is 0. The average molecular weight is 159 g/mol. The van der Waals surface area contributed by atoms with E-state index in [9.17, 15) is 3.50 Å². The van der Waals surface area contributed by atoms with Gasteiger partial charge < -0.3 is 0 Å². The molecule has 0 heterocycles. The molecule has 1 rings (SSSR count). The molecular formula is C5H7FGe. The number of allylic oxidation sites excluding steroid dienone is 4. The van der Waals surface area contributed by atoms with E-state index in [1.807, 2.05) is 18.2 Å². The molecule has 1 aliphatic carbocycles. The summed E-state index contributed by atoms with van der Waals surface area (Å²) in [6.45, 7) is 0. The Morgan fingerprint density at radius 2 is 2.57 bits per heavy atom. The van der Waals surface area contributed by atoms with Gasteiger partial charge >= 0.3 is 48.5 Å². The Labute approximate surface area is 49.1 Å². The van der Waals surface area contributed by atoms with E-state index in [1.165, 1.54) is 0 Å². The zero-order valence-corrected chi connectivity index (χ0v) is 6.99. The third-order valence-corrected chi connectivity index (χ3v) is 2.75. The molecule has 0 saturated heterocycles. The third kappa shape index (κ3) is 1.16. The van der Waals surface area contributed by atoms with Crippen LogP contribution in [-0.4, -0.2) is 15.9 Å². The van der Waals surface area contributed by atoms with Gasteiger partial charge in [-0.15, -0.1) is 0 Å². The Kier molecular flexibility index (Phi) is 1.68. The number of rotatable bonds is 1. The Bertz CT molecular complexity index is 115. The molecule has 0 radical (unpaired) electrons. The summed E-state index contributed by atoms with van der Waals surface area (Å²) in [6.07, 6.45) is 6.84. The zero-order valence-electron chi connectivity index (χ0n) is 4.02.